The highest BCUT2D eigenvalue weighted by Crippen LogP contribution is 1.94. The molecule has 52 valence electrons. The summed E-state index contributed by atoms with van der Waals surface area (Å²) in [5.74, 6) is 0. The SMILES string of the molecule is C=CC(=NC)C(O)CC. The van der Waals surface area contributed by atoms with Gasteiger partial charge in [0.15, 0.2) is 0 Å². The molecule has 0 aliphatic heterocycles. The topological polar surface area (TPSA) is 32.6 Å². The van der Waals surface area contributed by atoms with E-state index in [-0.39, 0.29) is 0 Å². The predicted molar refractivity (Wildman–Crippen MR) is 39.9 cm³/mol. The Bertz CT molecular complexity index is 118. The normalized spacial score (nSPS) is 15.2. The summed E-state index contributed by atoms with van der Waals surface area (Å²) in [6, 6.07) is 0. The van der Waals surface area contributed by atoms with Gasteiger partial charge in [0.05, 0.1) is 11.8 Å². The third-order valence-corrected chi connectivity index (χ3v) is 1.20. The molecule has 1 unspecified atom stereocenters. The van der Waals surface area contributed by atoms with E-state index in [1.165, 1.54) is 0 Å². The maximum atomic E-state index is 9.12. The first kappa shape index (κ1) is 8.37. The number of aliphatic hydroxyl groups excluding tert-OH is 1. The highest BCUT2D eigenvalue weighted by molar-refractivity contribution is 5.97. The Balaban J connectivity index is 3.95. The monoisotopic (exact) mass is 127 g/mol. The second-order valence-electron chi connectivity index (χ2n) is 1.78. The Kier molecular flexibility index (Phi) is 3.97. The Morgan fingerprint density at radius 3 is 2.56 bits per heavy atom. The molecule has 1 N–H and O–H groups in total. The smallest absolute Gasteiger partial charge is 0.0952 e. The first-order chi connectivity index (χ1) is 4.26. The van der Waals surface area contributed by atoms with Crippen LogP contribution in [0.3, 0.4) is 0 Å². The van der Waals surface area contributed by atoms with Gasteiger partial charge in [0.2, 0.25) is 0 Å². The van der Waals surface area contributed by atoms with E-state index >= 15 is 0 Å². The van der Waals surface area contributed by atoms with Crippen molar-refractivity contribution in [2.24, 2.45) is 4.99 Å². The summed E-state index contributed by atoms with van der Waals surface area (Å²) in [6.07, 6.45) is 1.83. The lowest BCUT2D eigenvalue weighted by molar-refractivity contribution is 0.238. The zero-order valence-electron chi connectivity index (χ0n) is 5.96. The minimum atomic E-state index is -0.438. The zero-order valence-corrected chi connectivity index (χ0v) is 5.96. The molecule has 0 aliphatic carbocycles. The van der Waals surface area contributed by atoms with Gasteiger partial charge in [0, 0.05) is 7.05 Å². The molecule has 0 bridgehead atoms. The molecule has 0 rings (SSSR count). The van der Waals surface area contributed by atoms with Crippen LogP contribution < -0.4 is 0 Å². The molecule has 0 saturated carbocycles. The van der Waals surface area contributed by atoms with Crippen LogP contribution in [-0.2, 0) is 0 Å². The van der Waals surface area contributed by atoms with Crippen LogP contribution in [-0.4, -0.2) is 24.0 Å². The van der Waals surface area contributed by atoms with Crippen molar-refractivity contribution in [3.05, 3.63) is 12.7 Å². The van der Waals surface area contributed by atoms with Gasteiger partial charge in [-0.1, -0.05) is 13.5 Å². The fourth-order valence-electron chi connectivity index (χ4n) is 0.585. The molecule has 0 fully saturated rings. The van der Waals surface area contributed by atoms with Gasteiger partial charge in [0.1, 0.15) is 0 Å². The average Bonchev–Trinajstić information content (AvgIpc) is 1.90. The van der Waals surface area contributed by atoms with Gasteiger partial charge in [-0.15, -0.1) is 0 Å². The van der Waals surface area contributed by atoms with Crippen molar-refractivity contribution in [3.8, 4) is 0 Å². The fraction of sp³-hybridized carbons (Fsp3) is 0.571. The molecule has 9 heavy (non-hydrogen) atoms. The second-order valence-corrected chi connectivity index (χ2v) is 1.78. The minimum absolute atomic E-state index is 0.438. The number of aliphatic imine (C=N–C) groups is 1. The van der Waals surface area contributed by atoms with Crippen molar-refractivity contribution in [2.75, 3.05) is 7.05 Å². The van der Waals surface area contributed by atoms with Crippen LogP contribution in [0.4, 0.5) is 0 Å². The van der Waals surface area contributed by atoms with E-state index < -0.39 is 6.10 Å². The van der Waals surface area contributed by atoms with E-state index in [1.807, 2.05) is 6.92 Å². The number of nitrogens with zero attached hydrogens (tertiary/aromatic N) is 1. The molecule has 0 saturated heterocycles. The lowest BCUT2D eigenvalue weighted by Gasteiger charge is -2.04. The highest BCUT2D eigenvalue weighted by atomic mass is 16.3. The summed E-state index contributed by atoms with van der Waals surface area (Å²) in [5.41, 5.74) is 0.664. The van der Waals surface area contributed by atoms with Crippen LogP contribution in [0.5, 0.6) is 0 Å². The molecule has 2 nitrogen and oxygen atoms in total. The summed E-state index contributed by atoms with van der Waals surface area (Å²) in [6.45, 7) is 5.41. The molecular formula is C7H13NO. The number of rotatable bonds is 3. The second kappa shape index (κ2) is 4.27. The predicted octanol–water partition coefficient (Wildman–Crippen LogP) is 1.01. The van der Waals surface area contributed by atoms with Crippen molar-refractivity contribution < 1.29 is 5.11 Å². The largest absolute Gasteiger partial charge is 0.387 e. The Morgan fingerprint density at radius 1 is 1.89 bits per heavy atom. The molecule has 0 aromatic carbocycles. The fourth-order valence-corrected chi connectivity index (χ4v) is 0.585. The van der Waals surface area contributed by atoms with Gasteiger partial charge < -0.3 is 5.11 Å². The van der Waals surface area contributed by atoms with E-state index in [9.17, 15) is 0 Å². The van der Waals surface area contributed by atoms with Gasteiger partial charge >= 0.3 is 0 Å². The van der Waals surface area contributed by atoms with Gasteiger partial charge in [-0.2, -0.15) is 0 Å². The maximum Gasteiger partial charge on any atom is 0.0952 e. The van der Waals surface area contributed by atoms with Gasteiger partial charge in [-0.05, 0) is 12.5 Å². The third kappa shape index (κ3) is 2.42. The van der Waals surface area contributed by atoms with Crippen molar-refractivity contribution in [3.63, 3.8) is 0 Å². The van der Waals surface area contributed by atoms with Crippen LogP contribution in [0.25, 0.3) is 0 Å². The average molecular weight is 127 g/mol. The Hall–Kier alpha value is -0.630. The van der Waals surface area contributed by atoms with Gasteiger partial charge in [0.25, 0.3) is 0 Å². The maximum absolute atomic E-state index is 9.12. The number of hydrogen-bond donors (Lipinski definition) is 1. The Labute approximate surface area is 55.9 Å². The lowest BCUT2D eigenvalue weighted by atomic mass is 10.2. The molecule has 0 aromatic rings. The molecule has 0 aromatic heterocycles. The zero-order chi connectivity index (χ0) is 7.28. The molecule has 0 amide bonds. The van der Waals surface area contributed by atoms with E-state index in [1.54, 1.807) is 13.1 Å². The molecule has 1 atom stereocenters. The van der Waals surface area contributed by atoms with E-state index in [2.05, 4.69) is 11.6 Å². The van der Waals surface area contributed by atoms with Crippen molar-refractivity contribution in [1.29, 1.82) is 0 Å². The van der Waals surface area contributed by atoms with Gasteiger partial charge in [-0.25, -0.2) is 0 Å². The van der Waals surface area contributed by atoms with Crippen LogP contribution in [0.1, 0.15) is 13.3 Å². The van der Waals surface area contributed by atoms with Crippen molar-refractivity contribution in [1.82, 2.24) is 0 Å². The summed E-state index contributed by atoms with van der Waals surface area (Å²) >= 11 is 0. The summed E-state index contributed by atoms with van der Waals surface area (Å²) < 4.78 is 0. The third-order valence-electron chi connectivity index (χ3n) is 1.20. The van der Waals surface area contributed by atoms with Crippen LogP contribution in [0.2, 0.25) is 0 Å². The number of hydrogen-bond acceptors (Lipinski definition) is 2. The van der Waals surface area contributed by atoms with E-state index in [0.29, 0.717) is 12.1 Å². The first-order valence-corrected chi connectivity index (χ1v) is 3.03. The van der Waals surface area contributed by atoms with Crippen LogP contribution in [0.15, 0.2) is 17.6 Å². The molecule has 0 radical (unpaired) electrons. The van der Waals surface area contributed by atoms with Crippen molar-refractivity contribution in [2.45, 2.75) is 19.4 Å². The summed E-state index contributed by atoms with van der Waals surface area (Å²) in [7, 11) is 1.65. The van der Waals surface area contributed by atoms with Crippen LogP contribution >= 0.6 is 0 Å². The molecule has 0 spiro atoms. The van der Waals surface area contributed by atoms with Crippen molar-refractivity contribution >= 4 is 5.71 Å². The highest BCUT2D eigenvalue weighted by Gasteiger charge is 2.03. The van der Waals surface area contributed by atoms with Gasteiger partial charge in [-0.3, -0.25) is 4.99 Å². The lowest BCUT2D eigenvalue weighted by Crippen LogP contribution is -2.16. The molecule has 0 aliphatic rings. The summed E-state index contributed by atoms with van der Waals surface area (Å²) in [4.78, 5) is 3.83. The quantitative estimate of drug-likeness (QED) is 0.564. The summed E-state index contributed by atoms with van der Waals surface area (Å²) in [5, 5.41) is 9.12. The van der Waals surface area contributed by atoms with E-state index in [4.69, 9.17) is 5.11 Å². The number of aliphatic hydroxyl groups is 1. The first-order valence-electron chi connectivity index (χ1n) is 3.03. The molecule has 0 heterocycles. The Morgan fingerprint density at radius 2 is 2.44 bits per heavy atom. The molecular weight excluding hydrogens is 114 g/mol. The van der Waals surface area contributed by atoms with Crippen LogP contribution in [0, 0.1) is 0 Å². The van der Waals surface area contributed by atoms with E-state index in [0.717, 1.165) is 0 Å². The molecule has 2 heteroatoms. The standard InChI is InChI=1S/C7H13NO/c1-4-6(8-3)7(9)5-2/h4,7,9H,1,5H2,2-3H3. The minimum Gasteiger partial charge on any atom is -0.387 e.